The molecular formula is C27H27FN2O4. The van der Waals surface area contributed by atoms with Crippen LogP contribution in [0.1, 0.15) is 24.0 Å². The fourth-order valence-corrected chi connectivity index (χ4v) is 4.00. The molecule has 176 valence electrons. The number of methoxy groups -OCH3 is 1. The first kappa shape index (κ1) is 23.4. The molecule has 0 saturated carbocycles. The first-order valence-electron chi connectivity index (χ1n) is 11.1. The van der Waals surface area contributed by atoms with Crippen molar-refractivity contribution in [1.82, 2.24) is 10.3 Å². The first-order valence-corrected chi connectivity index (χ1v) is 11.1. The third kappa shape index (κ3) is 5.80. The van der Waals surface area contributed by atoms with Crippen LogP contribution in [0.5, 0.6) is 17.2 Å². The average molecular weight is 463 g/mol. The topological polar surface area (TPSA) is 69.7 Å². The lowest BCUT2D eigenvalue weighted by Gasteiger charge is -2.38. The summed E-state index contributed by atoms with van der Waals surface area (Å²) in [6.45, 7) is 1.77. The number of nitrogens with zero attached hydrogens (tertiary/aromatic N) is 1. The Balaban J connectivity index is 1.39. The number of benzene rings is 2. The van der Waals surface area contributed by atoms with Crippen molar-refractivity contribution in [2.45, 2.75) is 18.3 Å². The van der Waals surface area contributed by atoms with Gasteiger partial charge in [-0.25, -0.2) is 4.39 Å². The van der Waals surface area contributed by atoms with Crippen LogP contribution in [-0.2, 0) is 14.9 Å². The summed E-state index contributed by atoms with van der Waals surface area (Å²) in [5, 5.41) is 3.01. The number of carbonyl (C=O) groups is 1. The molecule has 0 atom stereocenters. The van der Waals surface area contributed by atoms with Gasteiger partial charge < -0.3 is 19.5 Å². The van der Waals surface area contributed by atoms with E-state index in [0.29, 0.717) is 31.1 Å². The Kier molecular flexibility index (Phi) is 7.54. The molecule has 7 heteroatoms. The highest BCUT2D eigenvalue weighted by Crippen LogP contribution is 2.35. The van der Waals surface area contributed by atoms with Crippen LogP contribution in [0, 0.1) is 5.82 Å². The second kappa shape index (κ2) is 10.9. The zero-order valence-electron chi connectivity index (χ0n) is 19.0. The molecule has 1 amide bonds. The van der Waals surface area contributed by atoms with Gasteiger partial charge in [-0.3, -0.25) is 9.78 Å². The summed E-state index contributed by atoms with van der Waals surface area (Å²) in [6, 6.07) is 15.9. The molecular weight excluding hydrogens is 435 g/mol. The first-order chi connectivity index (χ1) is 16.6. The summed E-state index contributed by atoms with van der Waals surface area (Å²) in [4.78, 5) is 16.5. The third-order valence-electron chi connectivity index (χ3n) is 6.00. The van der Waals surface area contributed by atoms with E-state index >= 15 is 0 Å². The zero-order valence-corrected chi connectivity index (χ0v) is 19.0. The standard InChI is InChI=1S/C27H27FN2O4/c1-32-22-8-6-21(7-9-22)27(12-15-33-16-13-27)19-30-26(31)11-5-20-4-10-25(24(28)17-20)34-23-3-2-14-29-18-23/h2-11,14,17-18H,12-13,15-16,19H2,1H3,(H,30,31)/b11-5+. The van der Waals surface area contributed by atoms with Crippen LogP contribution in [0.3, 0.4) is 0 Å². The second-order valence-electron chi connectivity index (χ2n) is 8.15. The molecule has 6 nitrogen and oxygen atoms in total. The molecule has 4 rings (SSSR count). The van der Waals surface area contributed by atoms with E-state index in [4.69, 9.17) is 14.2 Å². The molecule has 1 aliphatic rings. The molecule has 0 aliphatic carbocycles. The van der Waals surface area contributed by atoms with Gasteiger partial charge in [0, 0.05) is 37.4 Å². The lowest BCUT2D eigenvalue weighted by Crippen LogP contribution is -2.44. The Morgan fingerprint density at radius 3 is 2.62 bits per heavy atom. The molecule has 0 unspecified atom stereocenters. The number of pyridine rings is 1. The van der Waals surface area contributed by atoms with Crippen LogP contribution in [0.2, 0.25) is 0 Å². The number of nitrogens with one attached hydrogen (secondary N) is 1. The molecule has 1 N–H and O–H groups in total. The van der Waals surface area contributed by atoms with E-state index < -0.39 is 5.82 Å². The normalized spacial score (nSPS) is 15.1. The molecule has 0 spiro atoms. The molecule has 0 bridgehead atoms. The summed E-state index contributed by atoms with van der Waals surface area (Å²) in [5.74, 6) is 0.572. The van der Waals surface area contributed by atoms with E-state index in [1.54, 1.807) is 37.6 Å². The number of aromatic nitrogens is 1. The highest BCUT2D eigenvalue weighted by atomic mass is 19.1. The van der Waals surface area contributed by atoms with Crippen molar-refractivity contribution in [3.05, 3.63) is 90.0 Å². The van der Waals surface area contributed by atoms with Gasteiger partial charge in [-0.05, 0) is 66.4 Å². The Labute approximate surface area is 198 Å². The minimum absolute atomic E-state index is 0.0931. The van der Waals surface area contributed by atoms with Gasteiger partial charge in [0.15, 0.2) is 11.6 Å². The Morgan fingerprint density at radius 2 is 1.94 bits per heavy atom. The van der Waals surface area contributed by atoms with Crippen molar-refractivity contribution < 1.29 is 23.4 Å². The minimum atomic E-state index is -0.521. The SMILES string of the molecule is COc1ccc(C2(CNC(=O)/C=C/c3ccc(Oc4cccnc4)c(F)c3)CCOCC2)cc1. The van der Waals surface area contributed by atoms with Gasteiger partial charge in [0.25, 0.3) is 0 Å². The molecule has 1 aromatic heterocycles. The number of hydrogen-bond acceptors (Lipinski definition) is 5. The lowest BCUT2D eigenvalue weighted by atomic mass is 9.74. The Morgan fingerprint density at radius 1 is 1.15 bits per heavy atom. The molecule has 2 aromatic carbocycles. The average Bonchev–Trinajstić information content (AvgIpc) is 2.89. The summed E-state index contributed by atoms with van der Waals surface area (Å²) in [7, 11) is 1.64. The number of halogens is 1. The van der Waals surface area contributed by atoms with Gasteiger partial charge in [-0.1, -0.05) is 18.2 Å². The maximum atomic E-state index is 14.4. The lowest BCUT2D eigenvalue weighted by molar-refractivity contribution is -0.116. The van der Waals surface area contributed by atoms with Crippen molar-refractivity contribution >= 4 is 12.0 Å². The number of carbonyl (C=O) groups excluding carboxylic acids is 1. The molecule has 34 heavy (non-hydrogen) atoms. The van der Waals surface area contributed by atoms with Gasteiger partial charge in [0.1, 0.15) is 11.5 Å². The van der Waals surface area contributed by atoms with Crippen LogP contribution in [0.15, 0.2) is 73.1 Å². The third-order valence-corrected chi connectivity index (χ3v) is 6.00. The van der Waals surface area contributed by atoms with Gasteiger partial charge in [-0.2, -0.15) is 0 Å². The smallest absolute Gasteiger partial charge is 0.244 e. The van der Waals surface area contributed by atoms with E-state index in [9.17, 15) is 9.18 Å². The van der Waals surface area contributed by atoms with Crippen LogP contribution < -0.4 is 14.8 Å². The van der Waals surface area contributed by atoms with Crippen molar-refractivity contribution in [3.8, 4) is 17.2 Å². The Hall–Kier alpha value is -3.71. The number of rotatable bonds is 8. The monoisotopic (exact) mass is 462 g/mol. The zero-order chi connectivity index (χ0) is 23.8. The van der Waals surface area contributed by atoms with E-state index in [1.807, 2.05) is 24.3 Å². The largest absolute Gasteiger partial charge is 0.497 e. The predicted octanol–water partition coefficient (Wildman–Crippen LogP) is 4.90. The summed E-state index contributed by atoms with van der Waals surface area (Å²) < 4.78 is 30.8. The number of amides is 1. The molecule has 1 saturated heterocycles. The summed E-state index contributed by atoms with van der Waals surface area (Å²) in [6.07, 6.45) is 7.74. The highest BCUT2D eigenvalue weighted by molar-refractivity contribution is 5.91. The second-order valence-corrected chi connectivity index (χ2v) is 8.15. The van der Waals surface area contributed by atoms with E-state index in [2.05, 4.69) is 10.3 Å². The van der Waals surface area contributed by atoms with Crippen molar-refractivity contribution in [2.24, 2.45) is 0 Å². The highest BCUT2D eigenvalue weighted by Gasteiger charge is 2.34. The van der Waals surface area contributed by atoms with Crippen LogP contribution in [0.25, 0.3) is 6.08 Å². The molecule has 3 aromatic rings. The molecule has 1 fully saturated rings. The van der Waals surface area contributed by atoms with Crippen LogP contribution in [0.4, 0.5) is 4.39 Å². The molecule has 2 heterocycles. The fraction of sp³-hybridized carbons (Fsp3) is 0.259. The van der Waals surface area contributed by atoms with E-state index in [-0.39, 0.29) is 17.1 Å². The van der Waals surface area contributed by atoms with Gasteiger partial charge in [0.2, 0.25) is 5.91 Å². The maximum absolute atomic E-state index is 14.4. The van der Waals surface area contributed by atoms with Crippen LogP contribution >= 0.6 is 0 Å². The van der Waals surface area contributed by atoms with Crippen molar-refractivity contribution in [3.63, 3.8) is 0 Å². The number of ether oxygens (including phenoxy) is 3. The van der Waals surface area contributed by atoms with E-state index in [1.165, 1.54) is 24.4 Å². The van der Waals surface area contributed by atoms with Crippen LogP contribution in [-0.4, -0.2) is 37.8 Å². The minimum Gasteiger partial charge on any atom is -0.497 e. The van der Waals surface area contributed by atoms with Gasteiger partial charge >= 0.3 is 0 Å². The van der Waals surface area contributed by atoms with Gasteiger partial charge in [0.05, 0.1) is 13.3 Å². The fourth-order valence-electron chi connectivity index (χ4n) is 4.00. The summed E-state index contributed by atoms with van der Waals surface area (Å²) >= 11 is 0. The van der Waals surface area contributed by atoms with Crippen molar-refractivity contribution in [1.29, 1.82) is 0 Å². The molecule has 0 radical (unpaired) electrons. The summed E-state index contributed by atoms with van der Waals surface area (Å²) in [5.41, 5.74) is 1.50. The maximum Gasteiger partial charge on any atom is 0.244 e. The number of hydrogen-bond donors (Lipinski definition) is 1. The van der Waals surface area contributed by atoms with Crippen molar-refractivity contribution in [2.75, 3.05) is 26.9 Å². The van der Waals surface area contributed by atoms with E-state index in [0.717, 1.165) is 24.2 Å². The van der Waals surface area contributed by atoms with Gasteiger partial charge in [-0.15, -0.1) is 0 Å². The quantitative estimate of drug-likeness (QED) is 0.482. The Bertz CT molecular complexity index is 1130. The molecule has 1 aliphatic heterocycles. The predicted molar refractivity (Wildman–Crippen MR) is 127 cm³/mol.